The number of carbonyl (C=O) groups is 1. The molecule has 1 rings (SSSR count). The van der Waals surface area contributed by atoms with Gasteiger partial charge < -0.3 is 14.4 Å². The molecule has 78 valence electrons. The Morgan fingerprint density at radius 2 is 2.43 bits per heavy atom. The molecule has 0 atom stereocenters. The minimum Gasteiger partial charge on any atom is -0.459 e. The summed E-state index contributed by atoms with van der Waals surface area (Å²) in [7, 11) is 0. The molecule has 14 heavy (non-hydrogen) atoms. The van der Waals surface area contributed by atoms with Crippen LogP contribution in [-0.4, -0.2) is 35.6 Å². The van der Waals surface area contributed by atoms with E-state index in [-0.39, 0.29) is 12.5 Å². The van der Waals surface area contributed by atoms with Crippen molar-refractivity contribution < 1.29 is 14.3 Å². The molecule has 0 bridgehead atoms. The van der Waals surface area contributed by atoms with Crippen LogP contribution in [0.4, 0.5) is 0 Å². The Balaban J connectivity index is 2.56. The van der Waals surface area contributed by atoms with Crippen LogP contribution < -0.4 is 0 Å². The first-order valence-electron chi connectivity index (χ1n) is 4.73. The zero-order valence-electron chi connectivity index (χ0n) is 8.27. The number of hydrogen-bond donors (Lipinski definition) is 1. The summed E-state index contributed by atoms with van der Waals surface area (Å²) in [5.41, 5.74) is 0. The third kappa shape index (κ3) is 2.60. The van der Waals surface area contributed by atoms with Crippen LogP contribution in [0.15, 0.2) is 22.8 Å². The first-order valence-corrected chi connectivity index (χ1v) is 4.73. The first-order chi connectivity index (χ1) is 6.79. The van der Waals surface area contributed by atoms with Crippen molar-refractivity contribution in [2.45, 2.75) is 13.3 Å². The molecule has 1 aromatic heterocycles. The molecule has 0 saturated carbocycles. The summed E-state index contributed by atoms with van der Waals surface area (Å²) in [5, 5.41) is 8.66. The van der Waals surface area contributed by atoms with E-state index in [0.29, 0.717) is 25.3 Å². The van der Waals surface area contributed by atoms with Gasteiger partial charge in [0, 0.05) is 19.7 Å². The van der Waals surface area contributed by atoms with E-state index in [9.17, 15) is 4.79 Å². The molecular formula is C10H15NO3. The fourth-order valence-corrected chi connectivity index (χ4v) is 1.22. The molecule has 1 amide bonds. The molecule has 1 aromatic rings. The van der Waals surface area contributed by atoms with Gasteiger partial charge in [-0.15, -0.1) is 0 Å². The third-order valence-corrected chi connectivity index (χ3v) is 1.99. The molecule has 0 saturated heterocycles. The summed E-state index contributed by atoms with van der Waals surface area (Å²) >= 11 is 0. The fourth-order valence-electron chi connectivity index (χ4n) is 1.22. The first kappa shape index (κ1) is 10.8. The van der Waals surface area contributed by atoms with Gasteiger partial charge >= 0.3 is 0 Å². The molecule has 0 unspecified atom stereocenters. The molecule has 0 aromatic carbocycles. The average Bonchev–Trinajstić information content (AvgIpc) is 2.71. The molecule has 0 aliphatic carbocycles. The number of hydrogen-bond acceptors (Lipinski definition) is 3. The van der Waals surface area contributed by atoms with Crippen LogP contribution in [0.1, 0.15) is 23.9 Å². The predicted molar refractivity (Wildman–Crippen MR) is 52.0 cm³/mol. The highest BCUT2D eigenvalue weighted by molar-refractivity contribution is 5.91. The van der Waals surface area contributed by atoms with Crippen LogP contribution in [0.25, 0.3) is 0 Å². The largest absolute Gasteiger partial charge is 0.459 e. The molecule has 1 N–H and O–H groups in total. The Morgan fingerprint density at radius 1 is 1.64 bits per heavy atom. The van der Waals surface area contributed by atoms with Crippen molar-refractivity contribution in [2.24, 2.45) is 0 Å². The number of aliphatic hydroxyl groups is 1. The zero-order chi connectivity index (χ0) is 10.4. The van der Waals surface area contributed by atoms with Gasteiger partial charge in [-0.1, -0.05) is 0 Å². The molecule has 0 aliphatic heterocycles. The Morgan fingerprint density at radius 3 is 2.93 bits per heavy atom. The van der Waals surface area contributed by atoms with E-state index in [0.717, 1.165) is 0 Å². The van der Waals surface area contributed by atoms with Crippen LogP contribution in [0, 0.1) is 0 Å². The number of aliphatic hydroxyl groups excluding tert-OH is 1. The normalized spacial score (nSPS) is 10.1. The second-order valence-electron chi connectivity index (χ2n) is 2.94. The lowest BCUT2D eigenvalue weighted by atomic mass is 10.3. The number of amides is 1. The van der Waals surface area contributed by atoms with Gasteiger partial charge in [0.05, 0.1) is 6.26 Å². The van der Waals surface area contributed by atoms with Crippen LogP contribution in [0.2, 0.25) is 0 Å². The molecule has 0 spiro atoms. The molecule has 0 aliphatic rings. The SMILES string of the molecule is CCN(CCCO)C(=O)c1ccco1. The van der Waals surface area contributed by atoms with E-state index in [4.69, 9.17) is 9.52 Å². The quantitative estimate of drug-likeness (QED) is 0.769. The summed E-state index contributed by atoms with van der Waals surface area (Å²) in [6.45, 7) is 3.19. The van der Waals surface area contributed by atoms with E-state index in [1.54, 1.807) is 17.0 Å². The maximum atomic E-state index is 11.7. The Hall–Kier alpha value is -1.29. The van der Waals surface area contributed by atoms with Crippen molar-refractivity contribution in [3.63, 3.8) is 0 Å². The maximum absolute atomic E-state index is 11.7. The summed E-state index contributed by atoms with van der Waals surface area (Å²) in [5.74, 6) is 0.232. The van der Waals surface area contributed by atoms with Gasteiger partial charge in [0.15, 0.2) is 5.76 Å². The standard InChI is InChI=1S/C10H15NO3/c1-2-11(6-4-7-12)10(13)9-5-3-8-14-9/h3,5,8,12H,2,4,6-7H2,1H3. The summed E-state index contributed by atoms with van der Waals surface area (Å²) in [6, 6.07) is 3.33. The van der Waals surface area contributed by atoms with E-state index < -0.39 is 0 Å². The lowest BCUT2D eigenvalue weighted by Crippen LogP contribution is -2.31. The Labute approximate surface area is 83.1 Å². The number of carbonyl (C=O) groups excluding carboxylic acids is 1. The summed E-state index contributed by atoms with van der Waals surface area (Å²) in [6.07, 6.45) is 2.08. The van der Waals surface area contributed by atoms with Crippen molar-refractivity contribution in [1.82, 2.24) is 4.90 Å². The average molecular weight is 197 g/mol. The van der Waals surface area contributed by atoms with Gasteiger partial charge in [-0.2, -0.15) is 0 Å². The van der Waals surface area contributed by atoms with Gasteiger partial charge in [0.25, 0.3) is 5.91 Å². The van der Waals surface area contributed by atoms with Gasteiger partial charge in [0.1, 0.15) is 0 Å². The second kappa shape index (κ2) is 5.44. The van der Waals surface area contributed by atoms with Gasteiger partial charge in [-0.3, -0.25) is 4.79 Å². The Bertz CT molecular complexity index is 269. The van der Waals surface area contributed by atoms with Crippen molar-refractivity contribution in [3.05, 3.63) is 24.2 Å². The smallest absolute Gasteiger partial charge is 0.289 e. The predicted octanol–water partition coefficient (Wildman–Crippen LogP) is 1.12. The molecule has 4 nitrogen and oxygen atoms in total. The van der Waals surface area contributed by atoms with Crippen molar-refractivity contribution in [2.75, 3.05) is 19.7 Å². The lowest BCUT2D eigenvalue weighted by molar-refractivity contribution is 0.0722. The molecule has 0 radical (unpaired) electrons. The maximum Gasteiger partial charge on any atom is 0.289 e. The highest BCUT2D eigenvalue weighted by atomic mass is 16.3. The summed E-state index contributed by atoms with van der Waals surface area (Å²) < 4.78 is 5.00. The van der Waals surface area contributed by atoms with Gasteiger partial charge in [-0.05, 0) is 25.5 Å². The minimum absolute atomic E-state index is 0.0991. The van der Waals surface area contributed by atoms with E-state index >= 15 is 0 Å². The van der Waals surface area contributed by atoms with E-state index in [2.05, 4.69) is 0 Å². The number of nitrogens with zero attached hydrogens (tertiary/aromatic N) is 1. The molecule has 4 heteroatoms. The van der Waals surface area contributed by atoms with Crippen LogP contribution in [0.5, 0.6) is 0 Å². The van der Waals surface area contributed by atoms with Crippen LogP contribution in [-0.2, 0) is 0 Å². The topological polar surface area (TPSA) is 53.7 Å². The highest BCUT2D eigenvalue weighted by Crippen LogP contribution is 2.05. The van der Waals surface area contributed by atoms with E-state index in [1.165, 1.54) is 6.26 Å². The zero-order valence-corrected chi connectivity index (χ0v) is 8.27. The lowest BCUT2D eigenvalue weighted by Gasteiger charge is -2.18. The Kier molecular flexibility index (Phi) is 4.19. The van der Waals surface area contributed by atoms with Gasteiger partial charge in [0.2, 0.25) is 0 Å². The summed E-state index contributed by atoms with van der Waals surface area (Å²) in [4.78, 5) is 13.3. The van der Waals surface area contributed by atoms with Crippen LogP contribution in [0.3, 0.4) is 0 Å². The second-order valence-corrected chi connectivity index (χ2v) is 2.94. The van der Waals surface area contributed by atoms with Gasteiger partial charge in [-0.25, -0.2) is 0 Å². The van der Waals surface area contributed by atoms with Crippen molar-refractivity contribution in [1.29, 1.82) is 0 Å². The van der Waals surface area contributed by atoms with Crippen molar-refractivity contribution in [3.8, 4) is 0 Å². The van der Waals surface area contributed by atoms with E-state index in [1.807, 2.05) is 6.92 Å². The number of rotatable bonds is 5. The number of furan rings is 1. The molecule has 0 fully saturated rings. The molecule has 1 heterocycles. The fraction of sp³-hybridized carbons (Fsp3) is 0.500. The molecular weight excluding hydrogens is 182 g/mol. The van der Waals surface area contributed by atoms with Crippen molar-refractivity contribution >= 4 is 5.91 Å². The monoisotopic (exact) mass is 197 g/mol. The van der Waals surface area contributed by atoms with Crippen LogP contribution >= 0.6 is 0 Å². The highest BCUT2D eigenvalue weighted by Gasteiger charge is 2.15. The third-order valence-electron chi connectivity index (χ3n) is 1.99. The minimum atomic E-state index is -0.119.